The molecule has 0 aromatic heterocycles. The standard InChI is InChI=1S/C18H18FNO2/c1-12(21)13-5-6-16(17(19)10-13)14-3-2-4-15(9-14)18-11-20-7-8-22-18/h2-6,9-10,18,20H,7-8,11H2,1H3. The van der Waals surface area contributed by atoms with Crippen molar-refractivity contribution in [2.45, 2.75) is 13.0 Å². The largest absolute Gasteiger partial charge is 0.371 e. The van der Waals surface area contributed by atoms with Gasteiger partial charge in [-0.1, -0.05) is 30.3 Å². The second-order valence-electron chi connectivity index (χ2n) is 5.44. The molecule has 1 aliphatic rings. The zero-order valence-electron chi connectivity index (χ0n) is 12.4. The Kier molecular flexibility index (Phi) is 4.32. The van der Waals surface area contributed by atoms with E-state index >= 15 is 0 Å². The first kappa shape index (κ1) is 14.9. The molecule has 4 heteroatoms. The molecule has 1 unspecified atom stereocenters. The minimum absolute atomic E-state index is 0.00625. The number of carbonyl (C=O) groups excluding carboxylic acids is 1. The van der Waals surface area contributed by atoms with Crippen molar-refractivity contribution in [3.05, 3.63) is 59.4 Å². The molecule has 1 saturated heterocycles. The van der Waals surface area contributed by atoms with E-state index in [4.69, 9.17) is 4.74 Å². The number of halogens is 1. The van der Waals surface area contributed by atoms with Crippen molar-refractivity contribution in [2.24, 2.45) is 0 Å². The van der Waals surface area contributed by atoms with Crippen LogP contribution in [0.1, 0.15) is 28.9 Å². The summed E-state index contributed by atoms with van der Waals surface area (Å²) in [7, 11) is 0. The van der Waals surface area contributed by atoms with Gasteiger partial charge in [-0.15, -0.1) is 0 Å². The topological polar surface area (TPSA) is 38.3 Å². The Bertz CT molecular complexity index is 693. The van der Waals surface area contributed by atoms with Gasteiger partial charge in [-0.3, -0.25) is 4.79 Å². The van der Waals surface area contributed by atoms with E-state index < -0.39 is 0 Å². The first-order chi connectivity index (χ1) is 10.6. The number of hydrogen-bond donors (Lipinski definition) is 1. The Labute approximate surface area is 129 Å². The quantitative estimate of drug-likeness (QED) is 0.883. The molecule has 3 nitrogen and oxygen atoms in total. The molecule has 1 N–H and O–H groups in total. The smallest absolute Gasteiger partial charge is 0.159 e. The van der Waals surface area contributed by atoms with Crippen LogP contribution in [0.5, 0.6) is 0 Å². The van der Waals surface area contributed by atoms with E-state index in [0.29, 0.717) is 17.7 Å². The maximum absolute atomic E-state index is 14.3. The van der Waals surface area contributed by atoms with Crippen LogP contribution in [0.2, 0.25) is 0 Å². The van der Waals surface area contributed by atoms with Crippen molar-refractivity contribution in [1.29, 1.82) is 0 Å². The maximum atomic E-state index is 14.3. The Morgan fingerprint density at radius 1 is 1.27 bits per heavy atom. The fourth-order valence-electron chi connectivity index (χ4n) is 2.65. The minimum atomic E-state index is -0.382. The van der Waals surface area contributed by atoms with Crippen molar-refractivity contribution in [3.8, 4) is 11.1 Å². The third kappa shape index (κ3) is 3.08. The van der Waals surface area contributed by atoms with Gasteiger partial charge >= 0.3 is 0 Å². The lowest BCUT2D eigenvalue weighted by Gasteiger charge is -2.24. The SMILES string of the molecule is CC(=O)c1ccc(-c2cccc(C3CNCCO3)c2)c(F)c1. The molecule has 1 atom stereocenters. The Balaban J connectivity index is 1.93. The predicted octanol–water partition coefficient (Wildman–Crippen LogP) is 3.36. The van der Waals surface area contributed by atoms with Crippen LogP contribution in [-0.4, -0.2) is 25.5 Å². The summed E-state index contributed by atoms with van der Waals surface area (Å²) in [5.41, 5.74) is 2.70. The summed E-state index contributed by atoms with van der Waals surface area (Å²) in [6.07, 6.45) is -0.00625. The van der Waals surface area contributed by atoms with Crippen LogP contribution in [0.4, 0.5) is 4.39 Å². The molecule has 2 aromatic carbocycles. The van der Waals surface area contributed by atoms with Gasteiger partial charge in [-0.25, -0.2) is 4.39 Å². The lowest BCUT2D eigenvalue weighted by atomic mass is 9.98. The van der Waals surface area contributed by atoms with E-state index in [9.17, 15) is 9.18 Å². The number of carbonyl (C=O) groups is 1. The van der Waals surface area contributed by atoms with Crippen LogP contribution in [0, 0.1) is 5.82 Å². The van der Waals surface area contributed by atoms with Crippen molar-refractivity contribution in [3.63, 3.8) is 0 Å². The maximum Gasteiger partial charge on any atom is 0.159 e. The molecular weight excluding hydrogens is 281 g/mol. The van der Waals surface area contributed by atoms with Crippen molar-refractivity contribution < 1.29 is 13.9 Å². The number of morpholine rings is 1. The lowest BCUT2D eigenvalue weighted by molar-refractivity contribution is 0.0277. The highest BCUT2D eigenvalue weighted by Crippen LogP contribution is 2.28. The highest BCUT2D eigenvalue weighted by atomic mass is 19.1. The Morgan fingerprint density at radius 2 is 2.14 bits per heavy atom. The highest BCUT2D eigenvalue weighted by molar-refractivity contribution is 5.94. The van der Waals surface area contributed by atoms with Crippen LogP contribution in [0.15, 0.2) is 42.5 Å². The van der Waals surface area contributed by atoms with Crippen molar-refractivity contribution >= 4 is 5.78 Å². The molecule has 114 valence electrons. The first-order valence-corrected chi connectivity index (χ1v) is 7.38. The zero-order valence-corrected chi connectivity index (χ0v) is 12.4. The number of Topliss-reactive ketones (excluding diaryl/α,β-unsaturated/α-hetero) is 1. The average molecular weight is 299 g/mol. The Hall–Kier alpha value is -2.04. The van der Waals surface area contributed by atoms with Crippen molar-refractivity contribution in [1.82, 2.24) is 5.32 Å². The lowest BCUT2D eigenvalue weighted by Crippen LogP contribution is -2.33. The summed E-state index contributed by atoms with van der Waals surface area (Å²) in [5, 5.41) is 3.29. The molecule has 0 bridgehead atoms. The predicted molar refractivity (Wildman–Crippen MR) is 83.4 cm³/mol. The Morgan fingerprint density at radius 3 is 2.82 bits per heavy atom. The van der Waals surface area contributed by atoms with Gasteiger partial charge in [0.25, 0.3) is 0 Å². The normalized spacial score (nSPS) is 18.2. The molecule has 3 rings (SSSR count). The molecular formula is C18H18FNO2. The molecule has 1 heterocycles. The van der Waals surface area contributed by atoms with Crippen LogP contribution in [-0.2, 0) is 4.74 Å². The van der Waals surface area contributed by atoms with E-state index in [2.05, 4.69) is 5.32 Å². The summed E-state index contributed by atoms with van der Waals surface area (Å²) in [4.78, 5) is 11.3. The number of hydrogen-bond acceptors (Lipinski definition) is 3. The second kappa shape index (κ2) is 6.38. The van der Waals surface area contributed by atoms with E-state index in [0.717, 1.165) is 24.2 Å². The fraction of sp³-hybridized carbons (Fsp3) is 0.278. The summed E-state index contributed by atoms with van der Waals surface area (Å²) in [6.45, 7) is 3.73. The molecule has 0 aliphatic carbocycles. The van der Waals surface area contributed by atoms with Crippen molar-refractivity contribution in [2.75, 3.05) is 19.7 Å². The summed E-state index contributed by atoms with van der Waals surface area (Å²) in [6, 6.07) is 12.3. The minimum Gasteiger partial charge on any atom is -0.371 e. The van der Waals surface area contributed by atoms with E-state index in [1.54, 1.807) is 12.1 Å². The van der Waals surface area contributed by atoms with E-state index in [-0.39, 0.29) is 17.7 Å². The molecule has 0 saturated carbocycles. The first-order valence-electron chi connectivity index (χ1n) is 7.38. The monoisotopic (exact) mass is 299 g/mol. The van der Waals surface area contributed by atoms with Gasteiger partial charge in [0.05, 0.1) is 12.7 Å². The molecule has 22 heavy (non-hydrogen) atoms. The van der Waals surface area contributed by atoms with Gasteiger partial charge in [0.2, 0.25) is 0 Å². The van der Waals surface area contributed by atoms with E-state index in [1.807, 2.05) is 24.3 Å². The number of ether oxygens (including phenoxy) is 1. The van der Waals surface area contributed by atoms with Crippen LogP contribution in [0.25, 0.3) is 11.1 Å². The molecule has 0 amide bonds. The van der Waals surface area contributed by atoms with Crippen LogP contribution >= 0.6 is 0 Å². The van der Waals surface area contributed by atoms with E-state index in [1.165, 1.54) is 13.0 Å². The summed E-state index contributed by atoms with van der Waals surface area (Å²) < 4.78 is 20.0. The number of nitrogens with one attached hydrogen (secondary N) is 1. The van der Waals surface area contributed by atoms with Gasteiger partial charge < -0.3 is 10.1 Å². The molecule has 1 aliphatic heterocycles. The summed E-state index contributed by atoms with van der Waals surface area (Å²) >= 11 is 0. The molecule has 0 radical (unpaired) electrons. The van der Waals surface area contributed by atoms with Gasteiger partial charge in [0.1, 0.15) is 5.82 Å². The van der Waals surface area contributed by atoms with Gasteiger partial charge in [0.15, 0.2) is 5.78 Å². The number of rotatable bonds is 3. The number of benzene rings is 2. The third-order valence-electron chi connectivity index (χ3n) is 3.87. The van der Waals surface area contributed by atoms with Gasteiger partial charge in [0, 0.05) is 24.2 Å². The average Bonchev–Trinajstić information content (AvgIpc) is 2.55. The molecule has 2 aromatic rings. The van der Waals surface area contributed by atoms with Crippen LogP contribution < -0.4 is 5.32 Å². The molecule has 0 spiro atoms. The fourth-order valence-corrected chi connectivity index (χ4v) is 2.65. The van der Waals surface area contributed by atoms with Gasteiger partial charge in [-0.2, -0.15) is 0 Å². The third-order valence-corrected chi connectivity index (χ3v) is 3.87. The molecule has 1 fully saturated rings. The second-order valence-corrected chi connectivity index (χ2v) is 5.44. The van der Waals surface area contributed by atoms with Crippen LogP contribution in [0.3, 0.4) is 0 Å². The van der Waals surface area contributed by atoms with Gasteiger partial charge in [-0.05, 0) is 30.2 Å². The highest BCUT2D eigenvalue weighted by Gasteiger charge is 2.16. The summed E-state index contributed by atoms with van der Waals surface area (Å²) in [5.74, 6) is -0.520. The zero-order chi connectivity index (χ0) is 15.5. The number of ketones is 1.